The van der Waals surface area contributed by atoms with Crippen molar-refractivity contribution in [3.63, 3.8) is 0 Å². The average Bonchev–Trinajstić information content (AvgIpc) is 2.57. The van der Waals surface area contributed by atoms with E-state index in [1.165, 1.54) is 56.7 Å². The van der Waals surface area contributed by atoms with Crippen molar-refractivity contribution >= 4 is 0 Å². The summed E-state index contributed by atoms with van der Waals surface area (Å²) in [6.07, 6.45) is 3.91. The minimum atomic E-state index is 0.889. The van der Waals surface area contributed by atoms with Gasteiger partial charge in [0.1, 0.15) is 19.6 Å². The summed E-state index contributed by atoms with van der Waals surface area (Å²) in [7, 11) is 0. The van der Waals surface area contributed by atoms with Crippen LogP contribution < -0.4 is 9.80 Å². The molecule has 2 heterocycles. The van der Waals surface area contributed by atoms with Crippen molar-refractivity contribution in [2.45, 2.75) is 38.8 Å². The second-order valence-corrected chi connectivity index (χ2v) is 6.64. The Bertz CT molecular complexity index is 417. The minimum absolute atomic E-state index is 0.889. The summed E-state index contributed by atoms with van der Waals surface area (Å²) in [4.78, 5) is 3.57. The van der Waals surface area contributed by atoms with Crippen molar-refractivity contribution in [3.05, 3.63) is 35.4 Å². The van der Waals surface area contributed by atoms with Crippen molar-refractivity contribution in [1.29, 1.82) is 0 Å². The number of rotatable bonds is 4. The number of hydrogen-bond donors (Lipinski definition) is 2. The zero-order valence-electron chi connectivity index (χ0n) is 13.4. The van der Waals surface area contributed by atoms with Crippen molar-refractivity contribution in [2.75, 3.05) is 39.4 Å². The molecule has 0 unspecified atom stereocenters. The number of ether oxygens (including phenoxy) is 1. The zero-order valence-corrected chi connectivity index (χ0v) is 13.4. The maximum absolute atomic E-state index is 5.48. The second kappa shape index (κ2) is 7.39. The topological polar surface area (TPSA) is 18.1 Å². The van der Waals surface area contributed by atoms with Gasteiger partial charge in [-0.3, -0.25) is 0 Å². The maximum Gasteiger partial charge on any atom is 0.103 e. The van der Waals surface area contributed by atoms with Crippen LogP contribution in [0.15, 0.2) is 24.3 Å². The number of piperidine rings is 1. The first-order valence-electron chi connectivity index (χ1n) is 8.69. The van der Waals surface area contributed by atoms with Gasteiger partial charge in [-0.1, -0.05) is 31.2 Å². The molecule has 0 bridgehead atoms. The summed E-state index contributed by atoms with van der Waals surface area (Å²) in [5.41, 5.74) is 2.95. The molecule has 116 valence electrons. The number of hydrogen-bond acceptors (Lipinski definition) is 1. The Morgan fingerprint density at radius 2 is 1.57 bits per heavy atom. The lowest BCUT2D eigenvalue weighted by Crippen LogP contribution is -3.21. The van der Waals surface area contributed by atoms with Crippen molar-refractivity contribution in [2.24, 2.45) is 0 Å². The van der Waals surface area contributed by atoms with Gasteiger partial charge in [0.15, 0.2) is 0 Å². The van der Waals surface area contributed by atoms with Gasteiger partial charge in [0.2, 0.25) is 0 Å². The first kappa shape index (κ1) is 15.0. The lowest BCUT2D eigenvalue weighted by atomic mass is 10.0. The number of aryl methyl sites for hydroxylation is 1. The smallest absolute Gasteiger partial charge is 0.103 e. The molecule has 1 aromatic rings. The fourth-order valence-corrected chi connectivity index (χ4v) is 3.83. The van der Waals surface area contributed by atoms with E-state index in [9.17, 15) is 0 Å². The van der Waals surface area contributed by atoms with Gasteiger partial charge in [-0.25, -0.2) is 0 Å². The molecule has 0 amide bonds. The molecule has 0 spiro atoms. The van der Waals surface area contributed by atoms with Gasteiger partial charge < -0.3 is 14.5 Å². The summed E-state index contributed by atoms with van der Waals surface area (Å²) >= 11 is 0. The van der Waals surface area contributed by atoms with Crippen LogP contribution in [0.4, 0.5) is 0 Å². The first-order chi connectivity index (χ1) is 10.3. The molecule has 0 saturated carbocycles. The normalized spacial score (nSPS) is 27.7. The predicted octanol–water partition coefficient (Wildman–Crippen LogP) is -0.289. The first-order valence-corrected chi connectivity index (χ1v) is 8.69. The van der Waals surface area contributed by atoms with E-state index in [2.05, 4.69) is 31.2 Å². The van der Waals surface area contributed by atoms with Crippen LogP contribution in [-0.2, 0) is 17.7 Å². The van der Waals surface area contributed by atoms with Gasteiger partial charge in [0, 0.05) is 18.4 Å². The third-order valence-electron chi connectivity index (χ3n) is 5.29. The molecule has 21 heavy (non-hydrogen) atoms. The minimum Gasteiger partial charge on any atom is -0.370 e. The van der Waals surface area contributed by atoms with E-state index in [0.717, 1.165) is 25.7 Å². The van der Waals surface area contributed by atoms with E-state index in [4.69, 9.17) is 4.74 Å². The number of nitrogens with one attached hydrogen (secondary N) is 2. The Labute approximate surface area is 128 Å². The number of morpholine rings is 1. The fourth-order valence-electron chi connectivity index (χ4n) is 3.83. The van der Waals surface area contributed by atoms with Crippen LogP contribution in [-0.4, -0.2) is 45.4 Å². The standard InChI is InChI=1S/C18H28N2O/c1-2-16-3-5-17(6-4-16)15-19-9-7-18(8-10-19)20-11-13-21-14-12-20/h3-6,18H,2,7-15H2,1H3/p+2. The Kier molecular flexibility index (Phi) is 5.28. The monoisotopic (exact) mass is 290 g/mol. The Hall–Kier alpha value is -0.900. The Morgan fingerprint density at radius 1 is 0.952 bits per heavy atom. The van der Waals surface area contributed by atoms with E-state index in [-0.39, 0.29) is 0 Å². The largest absolute Gasteiger partial charge is 0.370 e. The van der Waals surface area contributed by atoms with Gasteiger partial charge in [0.05, 0.1) is 32.3 Å². The molecular formula is C18H30N2O+2. The Balaban J connectivity index is 1.46. The fraction of sp³-hybridized carbons (Fsp3) is 0.667. The van der Waals surface area contributed by atoms with Crippen LogP contribution in [0.25, 0.3) is 0 Å². The van der Waals surface area contributed by atoms with Gasteiger partial charge in [0.25, 0.3) is 0 Å². The van der Waals surface area contributed by atoms with Gasteiger partial charge in [-0.2, -0.15) is 0 Å². The molecule has 3 heteroatoms. The van der Waals surface area contributed by atoms with Crippen molar-refractivity contribution in [3.8, 4) is 0 Å². The van der Waals surface area contributed by atoms with Crippen LogP contribution in [0, 0.1) is 0 Å². The molecule has 3 nitrogen and oxygen atoms in total. The van der Waals surface area contributed by atoms with Crippen LogP contribution >= 0.6 is 0 Å². The number of quaternary nitrogens is 2. The van der Waals surface area contributed by atoms with Crippen LogP contribution in [0.3, 0.4) is 0 Å². The average molecular weight is 290 g/mol. The lowest BCUT2D eigenvalue weighted by Gasteiger charge is -2.36. The van der Waals surface area contributed by atoms with E-state index >= 15 is 0 Å². The van der Waals surface area contributed by atoms with Crippen LogP contribution in [0.5, 0.6) is 0 Å². The molecule has 0 radical (unpaired) electrons. The third-order valence-corrected chi connectivity index (χ3v) is 5.29. The van der Waals surface area contributed by atoms with E-state index in [1.807, 2.05) is 0 Å². The third kappa shape index (κ3) is 4.06. The molecule has 2 aliphatic heterocycles. The molecule has 1 aromatic carbocycles. The van der Waals surface area contributed by atoms with Crippen LogP contribution in [0.1, 0.15) is 30.9 Å². The molecule has 3 rings (SSSR count). The SMILES string of the molecule is CCc1ccc(C[NH+]2CCC([NH+]3CCOCC3)CC2)cc1. The zero-order chi connectivity index (χ0) is 14.5. The highest BCUT2D eigenvalue weighted by Crippen LogP contribution is 2.05. The molecule has 2 aliphatic rings. The molecule has 2 fully saturated rings. The number of likely N-dealkylation sites (tertiary alicyclic amines) is 1. The summed E-state index contributed by atoms with van der Waals surface area (Å²) in [5, 5.41) is 0. The second-order valence-electron chi connectivity index (χ2n) is 6.64. The van der Waals surface area contributed by atoms with Crippen LogP contribution in [0.2, 0.25) is 0 Å². The van der Waals surface area contributed by atoms with E-state index in [0.29, 0.717) is 0 Å². The molecule has 2 saturated heterocycles. The highest BCUT2D eigenvalue weighted by molar-refractivity contribution is 5.21. The predicted molar refractivity (Wildman–Crippen MR) is 84.8 cm³/mol. The van der Waals surface area contributed by atoms with E-state index < -0.39 is 0 Å². The van der Waals surface area contributed by atoms with Crippen molar-refractivity contribution in [1.82, 2.24) is 0 Å². The quantitative estimate of drug-likeness (QED) is 0.780. The molecule has 0 aromatic heterocycles. The van der Waals surface area contributed by atoms with Gasteiger partial charge >= 0.3 is 0 Å². The molecular weight excluding hydrogens is 260 g/mol. The highest BCUT2D eigenvalue weighted by atomic mass is 16.5. The highest BCUT2D eigenvalue weighted by Gasteiger charge is 2.30. The molecule has 2 N–H and O–H groups in total. The summed E-state index contributed by atoms with van der Waals surface area (Å²) < 4.78 is 5.48. The molecule has 0 aliphatic carbocycles. The van der Waals surface area contributed by atoms with Gasteiger partial charge in [-0.15, -0.1) is 0 Å². The maximum atomic E-state index is 5.48. The van der Waals surface area contributed by atoms with Gasteiger partial charge in [-0.05, 0) is 12.0 Å². The lowest BCUT2D eigenvalue weighted by molar-refractivity contribution is -0.967. The van der Waals surface area contributed by atoms with E-state index in [1.54, 1.807) is 9.80 Å². The summed E-state index contributed by atoms with van der Waals surface area (Å²) in [5.74, 6) is 0. The summed E-state index contributed by atoms with van der Waals surface area (Å²) in [6, 6.07) is 10.1. The number of benzene rings is 1. The Morgan fingerprint density at radius 3 is 2.19 bits per heavy atom. The molecule has 0 atom stereocenters. The summed E-state index contributed by atoms with van der Waals surface area (Å²) in [6.45, 7) is 10.5. The van der Waals surface area contributed by atoms with Crippen molar-refractivity contribution < 1.29 is 14.5 Å².